The Bertz CT molecular complexity index is 407. The lowest BCUT2D eigenvalue weighted by Gasteiger charge is -2.23. The van der Waals surface area contributed by atoms with Gasteiger partial charge in [0.2, 0.25) is 5.91 Å². The van der Waals surface area contributed by atoms with Gasteiger partial charge in [-0.2, -0.15) is 0 Å². The average Bonchev–Trinajstić information content (AvgIpc) is 2.98. The molecule has 20 heavy (non-hydrogen) atoms. The van der Waals surface area contributed by atoms with E-state index in [4.69, 9.17) is 4.74 Å². The van der Waals surface area contributed by atoms with Crippen molar-refractivity contribution in [3.63, 3.8) is 0 Å². The predicted molar refractivity (Wildman–Crippen MR) is 74.2 cm³/mol. The summed E-state index contributed by atoms with van der Waals surface area (Å²) < 4.78 is 5.51. The number of hydrogen-bond donors (Lipinski definition) is 2. The SMILES string of the molecule is CCCCC[C@H](C)NC(=O)[C@H]1[C@H](C(=O)O)[C@H]2C=C[C@H]1O2. The first-order valence-corrected chi connectivity index (χ1v) is 7.41. The van der Waals surface area contributed by atoms with Crippen LogP contribution in [0.25, 0.3) is 0 Å². The molecule has 0 aliphatic carbocycles. The molecule has 2 N–H and O–H groups in total. The maximum atomic E-state index is 12.3. The van der Waals surface area contributed by atoms with E-state index in [-0.39, 0.29) is 18.1 Å². The highest BCUT2D eigenvalue weighted by Gasteiger charge is 2.53. The fraction of sp³-hybridized carbons (Fsp3) is 0.733. The van der Waals surface area contributed by atoms with Gasteiger partial charge in [0, 0.05) is 6.04 Å². The third kappa shape index (κ3) is 3.03. The van der Waals surface area contributed by atoms with Crippen LogP contribution < -0.4 is 5.32 Å². The smallest absolute Gasteiger partial charge is 0.310 e. The number of unbranched alkanes of at least 4 members (excludes halogenated alkanes) is 2. The Balaban J connectivity index is 1.91. The summed E-state index contributed by atoms with van der Waals surface area (Å²) in [6, 6.07) is 0.0756. The number of aliphatic carboxylic acids is 1. The molecule has 5 atom stereocenters. The second-order valence-electron chi connectivity index (χ2n) is 5.75. The van der Waals surface area contributed by atoms with Gasteiger partial charge in [0.1, 0.15) is 5.92 Å². The molecule has 2 heterocycles. The van der Waals surface area contributed by atoms with Crippen molar-refractivity contribution in [3.05, 3.63) is 12.2 Å². The number of carboxylic acids is 1. The Morgan fingerprint density at radius 2 is 1.90 bits per heavy atom. The third-order valence-electron chi connectivity index (χ3n) is 4.12. The average molecular weight is 281 g/mol. The van der Waals surface area contributed by atoms with Gasteiger partial charge in [-0.1, -0.05) is 38.3 Å². The molecule has 1 saturated heterocycles. The highest BCUT2D eigenvalue weighted by molar-refractivity contribution is 5.87. The number of amides is 1. The van der Waals surface area contributed by atoms with Gasteiger partial charge < -0.3 is 15.2 Å². The van der Waals surface area contributed by atoms with Gasteiger partial charge >= 0.3 is 5.97 Å². The van der Waals surface area contributed by atoms with Crippen molar-refractivity contribution in [2.75, 3.05) is 0 Å². The molecule has 1 amide bonds. The molecule has 0 radical (unpaired) electrons. The van der Waals surface area contributed by atoms with Crippen LogP contribution in [0.4, 0.5) is 0 Å². The molecule has 0 unspecified atom stereocenters. The quantitative estimate of drug-likeness (QED) is 0.550. The fourth-order valence-corrected chi connectivity index (χ4v) is 3.03. The molecule has 0 aromatic heterocycles. The standard InChI is InChI=1S/C15H23NO4/c1-3-4-5-6-9(2)16-14(17)12-10-7-8-11(20-10)13(12)15(18)19/h7-13H,3-6H2,1-2H3,(H,16,17)(H,18,19)/t9-,10+,11+,12+,13+/m0/s1. The van der Waals surface area contributed by atoms with Gasteiger partial charge in [0.05, 0.1) is 18.1 Å². The third-order valence-corrected chi connectivity index (χ3v) is 4.12. The molecule has 0 aromatic carbocycles. The summed E-state index contributed by atoms with van der Waals surface area (Å²) in [5.74, 6) is -2.51. The summed E-state index contributed by atoms with van der Waals surface area (Å²) in [4.78, 5) is 23.6. The molecule has 2 aliphatic rings. The Kier molecular flexibility index (Phi) is 4.81. The normalized spacial score (nSPS) is 32.3. The van der Waals surface area contributed by atoms with Gasteiger partial charge in [-0.3, -0.25) is 9.59 Å². The molecule has 2 bridgehead atoms. The van der Waals surface area contributed by atoms with Crippen molar-refractivity contribution in [1.29, 1.82) is 0 Å². The van der Waals surface area contributed by atoms with Crippen LogP contribution in [0.15, 0.2) is 12.2 Å². The van der Waals surface area contributed by atoms with Crippen molar-refractivity contribution < 1.29 is 19.4 Å². The first kappa shape index (κ1) is 15.0. The minimum Gasteiger partial charge on any atom is -0.481 e. The highest BCUT2D eigenvalue weighted by atomic mass is 16.5. The number of carboxylic acid groups (broad SMARTS) is 1. The van der Waals surface area contributed by atoms with Crippen molar-refractivity contribution in [1.82, 2.24) is 5.32 Å². The van der Waals surface area contributed by atoms with E-state index >= 15 is 0 Å². The Morgan fingerprint density at radius 3 is 2.50 bits per heavy atom. The van der Waals surface area contributed by atoms with Crippen LogP contribution in [0.1, 0.15) is 39.5 Å². The zero-order chi connectivity index (χ0) is 14.7. The monoisotopic (exact) mass is 281 g/mol. The minimum absolute atomic E-state index is 0.0756. The number of nitrogens with one attached hydrogen (secondary N) is 1. The molecule has 2 aliphatic heterocycles. The molecule has 112 valence electrons. The number of carbonyl (C=O) groups excluding carboxylic acids is 1. The van der Waals surface area contributed by atoms with Crippen LogP contribution in [0.2, 0.25) is 0 Å². The first-order valence-electron chi connectivity index (χ1n) is 7.41. The van der Waals surface area contributed by atoms with E-state index < -0.39 is 23.9 Å². The van der Waals surface area contributed by atoms with E-state index in [1.807, 2.05) is 6.92 Å². The van der Waals surface area contributed by atoms with E-state index in [1.54, 1.807) is 12.2 Å². The maximum absolute atomic E-state index is 12.3. The van der Waals surface area contributed by atoms with Crippen molar-refractivity contribution in [2.24, 2.45) is 11.8 Å². The topological polar surface area (TPSA) is 75.6 Å². The van der Waals surface area contributed by atoms with Crippen LogP contribution in [0.5, 0.6) is 0 Å². The molecule has 5 heteroatoms. The Labute approximate surface area is 119 Å². The summed E-state index contributed by atoms with van der Waals surface area (Å²) >= 11 is 0. The molecule has 2 rings (SSSR count). The van der Waals surface area contributed by atoms with Gasteiger partial charge in [-0.15, -0.1) is 0 Å². The second kappa shape index (κ2) is 6.39. The van der Waals surface area contributed by atoms with E-state index in [0.717, 1.165) is 25.7 Å². The molecule has 0 spiro atoms. The van der Waals surface area contributed by atoms with Gasteiger partial charge in [0.25, 0.3) is 0 Å². The number of ether oxygens (including phenoxy) is 1. The molecule has 0 saturated carbocycles. The molecular formula is C15H23NO4. The molecule has 5 nitrogen and oxygen atoms in total. The zero-order valence-electron chi connectivity index (χ0n) is 12.0. The lowest BCUT2D eigenvalue weighted by atomic mass is 9.82. The summed E-state index contributed by atoms with van der Waals surface area (Å²) in [7, 11) is 0. The molecule has 1 fully saturated rings. The van der Waals surface area contributed by atoms with E-state index in [0.29, 0.717) is 0 Å². The highest BCUT2D eigenvalue weighted by Crippen LogP contribution is 2.39. The number of fused-ring (bicyclic) bond motifs is 2. The maximum Gasteiger partial charge on any atom is 0.310 e. The van der Waals surface area contributed by atoms with Crippen molar-refractivity contribution in [3.8, 4) is 0 Å². The van der Waals surface area contributed by atoms with E-state index in [9.17, 15) is 14.7 Å². The van der Waals surface area contributed by atoms with E-state index in [2.05, 4.69) is 12.2 Å². The summed E-state index contributed by atoms with van der Waals surface area (Å²) in [6.45, 7) is 4.10. The fourth-order valence-electron chi connectivity index (χ4n) is 3.03. The minimum atomic E-state index is -0.958. The first-order chi connectivity index (χ1) is 9.54. The Hall–Kier alpha value is -1.36. The summed E-state index contributed by atoms with van der Waals surface area (Å²) in [5, 5.41) is 12.2. The summed E-state index contributed by atoms with van der Waals surface area (Å²) in [5.41, 5.74) is 0. The van der Waals surface area contributed by atoms with Crippen LogP contribution in [-0.2, 0) is 14.3 Å². The van der Waals surface area contributed by atoms with Crippen LogP contribution >= 0.6 is 0 Å². The largest absolute Gasteiger partial charge is 0.481 e. The lowest BCUT2D eigenvalue weighted by molar-refractivity contribution is -0.146. The molecule has 0 aromatic rings. The van der Waals surface area contributed by atoms with E-state index in [1.165, 1.54) is 0 Å². The predicted octanol–water partition coefficient (Wildman–Crippen LogP) is 1.73. The number of hydrogen-bond acceptors (Lipinski definition) is 3. The van der Waals surface area contributed by atoms with Crippen LogP contribution in [0, 0.1) is 11.8 Å². The Morgan fingerprint density at radius 1 is 1.25 bits per heavy atom. The van der Waals surface area contributed by atoms with Crippen molar-refractivity contribution >= 4 is 11.9 Å². The van der Waals surface area contributed by atoms with Crippen molar-refractivity contribution in [2.45, 2.75) is 57.8 Å². The van der Waals surface area contributed by atoms with Crippen LogP contribution in [0.3, 0.4) is 0 Å². The number of rotatable bonds is 7. The van der Waals surface area contributed by atoms with Crippen LogP contribution in [-0.4, -0.2) is 35.2 Å². The number of carbonyl (C=O) groups is 2. The summed E-state index contributed by atoms with van der Waals surface area (Å²) in [6.07, 6.45) is 7.01. The van der Waals surface area contributed by atoms with Gasteiger partial charge in [-0.25, -0.2) is 0 Å². The molecular weight excluding hydrogens is 258 g/mol. The van der Waals surface area contributed by atoms with Gasteiger partial charge in [0.15, 0.2) is 0 Å². The zero-order valence-corrected chi connectivity index (χ0v) is 12.0. The van der Waals surface area contributed by atoms with Gasteiger partial charge in [-0.05, 0) is 13.3 Å². The lowest BCUT2D eigenvalue weighted by Crippen LogP contribution is -2.45. The second-order valence-corrected chi connectivity index (χ2v) is 5.75.